The summed E-state index contributed by atoms with van der Waals surface area (Å²) >= 11 is 0. The molecule has 2 N–H and O–H groups in total. The molecule has 0 aromatic heterocycles. The monoisotopic (exact) mass is 192 g/mol. The first kappa shape index (κ1) is 9.21. The van der Waals surface area contributed by atoms with Gasteiger partial charge in [0.15, 0.2) is 0 Å². The third-order valence-electron chi connectivity index (χ3n) is 2.74. The number of benzene rings is 1. The van der Waals surface area contributed by atoms with Crippen LogP contribution in [0.15, 0.2) is 24.3 Å². The van der Waals surface area contributed by atoms with Gasteiger partial charge >= 0.3 is 5.97 Å². The largest absolute Gasteiger partial charge is 0.481 e. The number of hydrogen-bond acceptors (Lipinski definition) is 2. The van der Waals surface area contributed by atoms with Crippen LogP contribution in [0.5, 0.6) is 0 Å². The van der Waals surface area contributed by atoms with Crippen molar-refractivity contribution in [3.63, 3.8) is 0 Å². The highest BCUT2D eigenvalue weighted by Gasteiger charge is 2.31. The van der Waals surface area contributed by atoms with Crippen LogP contribution in [0.25, 0.3) is 0 Å². The number of rotatable bonds is 2. The Balaban J connectivity index is 2.30. The Morgan fingerprint density at radius 3 is 2.86 bits per heavy atom. The van der Waals surface area contributed by atoms with Gasteiger partial charge < -0.3 is 10.2 Å². The molecule has 3 nitrogen and oxygen atoms in total. The van der Waals surface area contributed by atoms with E-state index in [2.05, 4.69) is 0 Å². The van der Waals surface area contributed by atoms with Crippen LogP contribution in [0.3, 0.4) is 0 Å². The molecule has 2 rings (SSSR count). The van der Waals surface area contributed by atoms with Gasteiger partial charge in [-0.1, -0.05) is 24.3 Å². The van der Waals surface area contributed by atoms with Crippen LogP contribution in [0.2, 0.25) is 0 Å². The maximum atomic E-state index is 10.6. The zero-order chi connectivity index (χ0) is 10.1. The zero-order valence-electron chi connectivity index (χ0n) is 7.68. The fourth-order valence-electron chi connectivity index (χ4n) is 2.09. The van der Waals surface area contributed by atoms with Crippen LogP contribution in [0.1, 0.15) is 23.5 Å². The standard InChI is InChI=1S/C11H12O3/c12-10-5-7-3-1-2-4-8(7)9(10)6-11(13)14/h1-4,9-10,12H,5-6H2,(H,13,14). The second-order valence-electron chi connectivity index (χ2n) is 3.67. The predicted octanol–water partition coefficient (Wildman–Crippen LogP) is 1.16. The van der Waals surface area contributed by atoms with Crippen LogP contribution < -0.4 is 0 Å². The Kier molecular flexibility index (Phi) is 2.25. The van der Waals surface area contributed by atoms with Gasteiger partial charge in [-0.2, -0.15) is 0 Å². The molecule has 1 aromatic carbocycles. The maximum absolute atomic E-state index is 10.6. The molecule has 1 aromatic rings. The molecule has 0 saturated carbocycles. The van der Waals surface area contributed by atoms with Gasteiger partial charge in [-0.05, 0) is 17.5 Å². The van der Waals surface area contributed by atoms with Crippen molar-refractivity contribution in [3.05, 3.63) is 35.4 Å². The third kappa shape index (κ3) is 1.51. The Hall–Kier alpha value is -1.35. The van der Waals surface area contributed by atoms with E-state index in [1.165, 1.54) is 0 Å². The summed E-state index contributed by atoms with van der Waals surface area (Å²) in [5.74, 6) is -1.09. The molecule has 1 aliphatic carbocycles. The van der Waals surface area contributed by atoms with Crippen LogP contribution in [-0.2, 0) is 11.2 Å². The average Bonchev–Trinajstić information content (AvgIpc) is 2.43. The third-order valence-corrected chi connectivity index (χ3v) is 2.74. The summed E-state index contributed by atoms with van der Waals surface area (Å²) in [5, 5.41) is 18.4. The normalized spacial score (nSPS) is 24.6. The first-order valence-corrected chi connectivity index (χ1v) is 4.66. The van der Waals surface area contributed by atoms with Gasteiger partial charge in [0.25, 0.3) is 0 Å². The van der Waals surface area contributed by atoms with Crippen molar-refractivity contribution in [2.75, 3.05) is 0 Å². The molecule has 2 unspecified atom stereocenters. The van der Waals surface area contributed by atoms with Gasteiger partial charge in [0.1, 0.15) is 0 Å². The smallest absolute Gasteiger partial charge is 0.304 e. The van der Waals surface area contributed by atoms with Crippen LogP contribution in [0.4, 0.5) is 0 Å². The van der Waals surface area contributed by atoms with Gasteiger partial charge in [0.05, 0.1) is 12.5 Å². The number of aliphatic hydroxyl groups is 1. The molecular formula is C11H12O3. The van der Waals surface area contributed by atoms with E-state index in [0.717, 1.165) is 11.1 Å². The van der Waals surface area contributed by atoms with Gasteiger partial charge in [-0.25, -0.2) is 0 Å². The molecule has 0 amide bonds. The fourth-order valence-corrected chi connectivity index (χ4v) is 2.09. The molecule has 0 saturated heterocycles. The first-order valence-electron chi connectivity index (χ1n) is 4.66. The fraction of sp³-hybridized carbons (Fsp3) is 0.364. The topological polar surface area (TPSA) is 57.5 Å². The quantitative estimate of drug-likeness (QED) is 0.739. The summed E-state index contributed by atoms with van der Waals surface area (Å²) in [6.07, 6.45) is 0.0512. The number of carbonyl (C=O) groups is 1. The summed E-state index contributed by atoms with van der Waals surface area (Å²) in [6, 6.07) is 7.64. The van der Waals surface area contributed by atoms with Gasteiger partial charge in [-0.15, -0.1) is 0 Å². The van der Waals surface area contributed by atoms with E-state index in [9.17, 15) is 9.90 Å². The van der Waals surface area contributed by atoms with Crippen molar-refractivity contribution < 1.29 is 15.0 Å². The van der Waals surface area contributed by atoms with Gasteiger partial charge in [0, 0.05) is 5.92 Å². The number of fused-ring (bicyclic) bond motifs is 1. The molecule has 0 spiro atoms. The lowest BCUT2D eigenvalue weighted by molar-refractivity contribution is -0.138. The summed E-state index contributed by atoms with van der Waals surface area (Å²) < 4.78 is 0. The Labute approximate surface area is 82.0 Å². The maximum Gasteiger partial charge on any atom is 0.304 e. The molecule has 2 atom stereocenters. The molecule has 0 heterocycles. The highest BCUT2D eigenvalue weighted by Crippen LogP contribution is 2.35. The van der Waals surface area contributed by atoms with Gasteiger partial charge in [0.2, 0.25) is 0 Å². The number of aliphatic carboxylic acids is 1. The van der Waals surface area contributed by atoms with E-state index in [1.807, 2.05) is 24.3 Å². The van der Waals surface area contributed by atoms with Crippen LogP contribution in [-0.4, -0.2) is 22.3 Å². The molecule has 0 aliphatic heterocycles. The molecule has 0 bridgehead atoms. The second kappa shape index (κ2) is 3.42. The Morgan fingerprint density at radius 2 is 2.14 bits per heavy atom. The SMILES string of the molecule is O=C(O)CC1c2ccccc2CC1O. The van der Waals surface area contributed by atoms with E-state index in [1.54, 1.807) is 0 Å². The van der Waals surface area contributed by atoms with Crippen molar-refractivity contribution in [2.45, 2.75) is 24.9 Å². The summed E-state index contributed by atoms with van der Waals surface area (Å²) in [7, 11) is 0. The summed E-state index contributed by atoms with van der Waals surface area (Å²) in [4.78, 5) is 10.6. The van der Waals surface area contributed by atoms with E-state index >= 15 is 0 Å². The van der Waals surface area contributed by atoms with E-state index in [0.29, 0.717) is 6.42 Å². The van der Waals surface area contributed by atoms with Gasteiger partial charge in [-0.3, -0.25) is 4.79 Å². The highest BCUT2D eigenvalue weighted by atomic mass is 16.4. The lowest BCUT2D eigenvalue weighted by Gasteiger charge is -2.12. The molecule has 3 heteroatoms. The van der Waals surface area contributed by atoms with Crippen LogP contribution in [0, 0.1) is 0 Å². The minimum Gasteiger partial charge on any atom is -0.481 e. The molecule has 0 fully saturated rings. The Bertz CT molecular complexity index is 359. The number of carboxylic acids is 1. The van der Waals surface area contributed by atoms with Crippen LogP contribution >= 0.6 is 0 Å². The predicted molar refractivity (Wildman–Crippen MR) is 51.1 cm³/mol. The molecular weight excluding hydrogens is 180 g/mol. The number of carboxylic acid groups (broad SMARTS) is 1. The van der Waals surface area contributed by atoms with E-state index < -0.39 is 12.1 Å². The molecule has 0 radical (unpaired) electrons. The highest BCUT2D eigenvalue weighted by molar-refractivity contribution is 5.68. The van der Waals surface area contributed by atoms with E-state index in [4.69, 9.17) is 5.11 Å². The second-order valence-corrected chi connectivity index (χ2v) is 3.67. The molecule has 74 valence electrons. The Morgan fingerprint density at radius 1 is 1.43 bits per heavy atom. The van der Waals surface area contributed by atoms with Crippen molar-refractivity contribution >= 4 is 5.97 Å². The van der Waals surface area contributed by atoms with Crippen molar-refractivity contribution in [2.24, 2.45) is 0 Å². The summed E-state index contributed by atoms with van der Waals surface area (Å²) in [5.41, 5.74) is 2.06. The summed E-state index contributed by atoms with van der Waals surface area (Å²) in [6.45, 7) is 0. The minimum absolute atomic E-state index is 0.0121. The number of hydrogen-bond donors (Lipinski definition) is 2. The lowest BCUT2D eigenvalue weighted by atomic mass is 9.96. The average molecular weight is 192 g/mol. The van der Waals surface area contributed by atoms with Crippen molar-refractivity contribution in [1.29, 1.82) is 0 Å². The molecule has 1 aliphatic rings. The molecule has 14 heavy (non-hydrogen) atoms. The van der Waals surface area contributed by atoms with Crippen molar-refractivity contribution in [3.8, 4) is 0 Å². The first-order chi connectivity index (χ1) is 6.68. The number of aliphatic hydroxyl groups excluding tert-OH is 1. The van der Waals surface area contributed by atoms with Crippen molar-refractivity contribution in [1.82, 2.24) is 0 Å². The minimum atomic E-state index is -0.856. The van der Waals surface area contributed by atoms with E-state index in [-0.39, 0.29) is 12.3 Å². The lowest BCUT2D eigenvalue weighted by Crippen LogP contribution is -2.16. The zero-order valence-corrected chi connectivity index (χ0v) is 7.68.